The summed E-state index contributed by atoms with van der Waals surface area (Å²) in [5.74, 6) is 3.51. The third kappa shape index (κ3) is 7.29. The fourth-order valence-corrected chi connectivity index (χ4v) is 4.64. The molecule has 4 rings (SSSR count). The third-order valence-electron chi connectivity index (χ3n) is 6.41. The van der Waals surface area contributed by atoms with Crippen LogP contribution in [0, 0.1) is 0 Å². The van der Waals surface area contributed by atoms with E-state index in [1.165, 1.54) is 36.2 Å². The van der Waals surface area contributed by atoms with Crippen LogP contribution >= 0.6 is 24.0 Å². The summed E-state index contributed by atoms with van der Waals surface area (Å²) in [5.41, 5.74) is 2.70. The van der Waals surface area contributed by atoms with E-state index < -0.39 is 0 Å². The van der Waals surface area contributed by atoms with Crippen molar-refractivity contribution in [2.45, 2.75) is 57.4 Å². The molecule has 0 spiro atoms. The molecular weight excluding hydrogens is 535 g/mol. The lowest BCUT2D eigenvalue weighted by Gasteiger charge is -2.19. The van der Waals surface area contributed by atoms with E-state index in [0.717, 1.165) is 57.1 Å². The Morgan fingerprint density at radius 3 is 2.26 bits per heavy atom. The number of guanidine groups is 1. The number of hydrogen-bond donors (Lipinski definition) is 2. The van der Waals surface area contributed by atoms with Gasteiger partial charge in [-0.3, -0.25) is 4.99 Å². The second kappa shape index (κ2) is 14.1. The van der Waals surface area contributed by atoms with E-state index in [4.69, 9.17) is 0 Å². The Morgan fingerprint density at radius 1 is 0.912 bits per heavy atom. The lowest BCUT2D eigenvalue weighted by molar-refractivity contribution is 0.593. The molecule has 1 aliphatic heterocycles. The van der Waals surface area contributed by atoms with E-state index in [1.807, 2.05) is 7.05 Å². The van der Waals surface area contributed by atoms with Crippen molar-refractivity contribution in [1.29, 1.82) is 0 Å². The van der Waals surface area contributed by atoms with Crippen molar-refractivity contribution in [1.82, 2.24) is 25.4 Å². The molecule has 0 bridgehead atoms. The number of aryl methyl sites for hydroxylation is 2. The van der Waals surface area contributed by atoms with Crippen molar-refractivity contribution >= 4 is 29.9 Å². The second-order valence-electron chi connectivity index (χ2n) is 8.69. The van der Waals surface area contributed by atoms with Gasteiger partial charge in [-0.15, -0.1) is 34.2 Å². The van der Waals surface area contributed by atoms with E-state index in [0.29, 0.717) is 5.92 Å². The van der Waals surface area contributed by atoms with Gasteiger partial charge in [0.1, 0.15) is 11.6 Å². The Balaban J connectivity index is 0.00000324. The van der Waals surface area contributed by atoms with Gasteiger partial charge in [-0.05, 0) is 36.8 Å². The first-order valence-electron chi connectivity index (χ1n) is 12.3. The van der Waals surface area contributed by atoms with Crippen molar-refractivity contribution in [2.75, 3.05) is 20.1 Å². The van der Waals surface area contributed by atoms with Gasteiger partial charge >= 0.3 is 0 Å². The monoisotopic (exact) mass is 572 g/mol. The van der Waals surface area contributed by atoms with E-state index in [1.54, 1.807) is 0 Å². The Bertz CT molecular complexity index is 963. The van der Waals surface area contributed by atoms with Crippen molar-refractivity contribution in [3.05, 3.63) is 83.4 Å². The quantitative estimate of drug-likeness (QED) is 0.165. The molecule has 7 heteroatoms. The predicted octanol–water partition coefficient (Wildman–Crippen LogP) is 4.94. The average molecular weight is 573 g/mol. The lowest BCUT2D eigenvalue weighted by Crippen LogP contribution is -2.38. The molecule has 0 fully saturated rings. The summed E-state index contributed by atoms with van der Waals surface area (Å²) >= 11 is 0. The van der Waals surface area contributed by atoms with Crippen LogP contribution in [0.15, 0.2) is 65.7 Å². The first-order valence-corrected chi connectivity index (χ1v) is 12.3. The van der Waals surface area contributed by atoms with Gasteiger partial charge in [0.15, 0.2) is 5.96 Å². The smallest absolute Gasteiger partial charge is 0.190 e. The highest BCUT2D eigenvalue weighted by molar-refractivity contribution is 14.0. The number of rotatable bonds is 9. The molecule has 2 N–H and O–H groups in total. The third-order valence-corrected chi connectivity index (χ3v) is 6.41. The van der Waals surface area contributed by atoms with Crippen LogP contribution in [0.25, 0.3) is 0 Å². The van der Waals surface area contributed by atoms with Gasteiger partial charge in [-0.1, -0.05) is 67.1 Å². The highest BCUT2D eigenvalue weighted by Crippen LogP contribution is 2.27. The van der Waals surface area contributed by atoms with Gasteiger partial charge in [-0.2, -0.15) is 0 Å². The maximum absolute atomic E-state index is 4.44. The molecule has 6 nitrogen and oxygen atoms in total. The summed E-state index contributed by atoms with van der Waals surface area (Å²) in [6, 6.07) is 21.5. The molecular formula is C27H37IN6. The maximum Gasteiger partial charge on any atom is 0.190 e. The van der Waals surface area contributed by atoms with Crippen LogP contribution in [-0.2, 0) is 19.4 Å². The van der Waals surface area contributed by atoms with E-state index in [9.17, 15) is 0 Å². The van der Waals surface area contributed by atoms with Crippen molar-refractivity contribution < 1.29 is 0 Å². The van der Waals surface area contributed by atoms with Gasteiger partial charge in [0, 0.05) is 45.4 Å². The summed E-state index contributed by atoms with van der Waals surface area (Å²) < 4.78 is 2.34. The first kappa shape index (κ1) is 26.2. The van der Waals surface area contributed by atoms with Crippen LogP contribution < -0.4 is 10.6 Å². The zero-order chi connectivity index (χ0) is 22.7. The summed E-state index contributed by atoms with van der Waals surface area (Å²) in [6.07, 6.45) is 7.78. The lowest BCUT2D eigenvalue weighted by atomic mass is 9.88. The van der Waals surface area contributed by atoms with E-state index in [2.05, 4.69) is 91.1 Å². The molecule has 0 radical (unpaired) electrons. The van der Waals surface area contributed by atoms with E-state index >= 15 is 0 Å². The van der Waals surface area contributed by atoms with Gasteiger partial charge in [0.05, 0.1) is 0 Å². The highest BCUT2D eigenvalue weighted by atomic mass is 127. The number of hydrogen-bond acceptors (Lipinski definition) is 3. The molecule has 0 amide bonds. The molecule has 34 heavy (non-hydrogen) atoms. The number of aliphatic imine (C=N–C) groups is 1. The fourth-order valence-electron chi connectivity index (χ4n) is 4.64. The highest BCUT2D eigenvalue weighted by Gasteiger charge is 2.15. The van der Waals surface area contributed by atoms with Crippen LogP contribution in [-0.4, -0.2) is 40.9 Å². The van der Waals surface area contributed by atoms with Crippen LogP contribution in [0.3, 0.4) is 0 Å². The van der Waals surface area contributed by atoms with Crippen LogP contribution in [0.5, 0.6) is 0 Å². The summed E-state index contributed by atoms with van der Waals surface area (Å²) in [6.45, 7) is 2.78. The second-order valence-corrected chi connectivity index (χ2v) is 8.69. The molecule has 1 aliphatic rings. The molecule has 0 atom stereocenters. The minimum atomic E-state index is 0. The molecule has 0 saturated carbocycles. The zero-order valence-electron chi connectivity index (χ0n) is 20.1. The van der Waals surface area contributed by atoms with Crippen molar-refractivity contribution in [3.63, 3.8) is 0 Å². The number of nitrogens with zero attached hydrogens (tertiary/aromatic N) is 4. The SMILES string of the molecule is CN=C(NCCCc1nnc2n1CCCCC2)NCCC(c1ccccc1)c1ccccc1.I. The Hall–Kier alpha value is -2.42. The molecule has 1 aromatic heterocycles. The molecule has 0 saturated heterocycles. The molecule has 0 aliphatic carbocycles. The van der Waals surface area contributed by atoms with Crippen LogP contribution in [0.2, 0.25) is 0 Å². The van der Waals surface area contributed by atoms with Crippen molar-refractivity contribution in [2.24, 2.45) is 4.99 Å². The number of aromatic nitrogens is 3. The molecule has 2 aromatic carbocycles. The van der Waals surface area contributed by atoms with Gasteiger partial charge in [0.2, 0.25) is 0 Å². The molecule has 2 heterocycles. The number of halogens is 1. The van der Waals surface area contributed by atoms with Gasteiger partial charge in [-0.25, -0.2) is 0 Å². The minimum Gasteiger partial charge on any atom is -0.356 e. The summed E-state index contributed by atoms with van der Waals surface area (Å²) in [5, 5.41) is 15.8. The van der Waals surface area contributed by atoms with Crippen LogP contribution in [0.1, 0.15) is 60.8 Å². The Kier molecular flexibility index (Phi) is 10.9. The summed E-state index contributed by atoms with van der Waals surface area (Å²) in [4.78, 5) is 4.41. The largest absolute Gasteiger partial charge is 0.356 e. The first-order chi connectivity index (χ1) is 16.3. The van der Waals surface area contributed by atoms with Gasteiger partial charge in [0.25, 0.3) is 0 Å². The van der Waals surface area contributed by atoms with Crippen molar-refractivity contribution in [3.8, 4) is 0 Å². The Morgan fingerprint density at radius 2 is 1.59 bits per heavy atom. The molecule has 182 valence electrons. The standard InChI is InChI=1S/C27H36N6.HI/c1-28-27(29-19-11-17-26-32-31-25-16-9-4-10-21-33(25)26)30-20-18-24(22-12-5-2-6-13-22)23-14-7-3-8-15-23;/h2-3,5-8,12-15,24H,4,9-11,16-21H2,1H3,(H2,28,29,30);1H. The number of fused-ring (bicyclic) bond motifs is 1. The zero-order valence-corrected chi connectivity index (χ0v) is 22.4. The number of nitrogens with one attached hydrogen (secondary N) is 2. The fraction of sp³-hybridized carbons (Fsp3) is 0.444. The molecule has 3 aromatic rings. The predicted molar refractivity (Wildman–Crippen MR) is 150 cm³/mol. The molecule has 0 unspecified atom stereocenters. The number of benzene rings is 2. The van der Waals surface area contributed by atoms with Crippen LogP contribution in [0.4, 0.5) is 0 Å². The normalized spacial score (nSPS) is 13.6. The minimum absolute atomic E-state index is 0. The average Bonchev–Trinajstić information content (AvgIpc) is 3.09. The summed E-state index contributed by atoms with van der Waals surface area (Å²) in [7, 11) is 1.83. The van der Waals surface area contributed by atoms with E-state index in [-0.39, 0.29) is 24.0 Å². The topological polar surface area (TPSA) is 67.1 Å². The Labute approximate surface area is 220 Å². The maximum atomic E-state index is 4.44. The van der Waals surface area contributed by atoms with Gasteiger partial charge < -0.3 is 15.2 Å².